The summed E-state index contributed by atoms with van der Waals surface area (Å²) in [5.74, 6) is -5.09. The molecule has 1 aromatic rings. The van der Waals surface area contributed by atoms with Crippen molar-refractivity contribution in [2.45, 2.75) is 13.0 Å². The summed E-state index contributed by atoms with van der Waals surface area (Å²) in [6.45, 7) is 1.82. The van der Waals surface area contributed by atoms with E-state index in [9.17, 15) is 18.0 Å². The molecule has 1 aromatic carbocycles. The Hall–Kier alpha value is -1.56. The topological polar surface area (TPSA) is 55.1 Å². The van der Waals surface area contributed by atoms with E-state index in [2.05, 4.69) is 5.32 Å². The van der Waals surface area contributed by atoms with Crippen LogP contribution in [0.1, 0.15) is 17.3 Å². The molecule has 0 saturated carbocycles. The van der Waals surface area contributed by atoms with Crippen molar-refractivity contribution in [2.75, 3.05) is 6.54 Å². The average molecular weight is 232 g/mol. The lowest BCUT2D eigenvalue weighted by Gasteiger charge is -2.08. The Bertz CT molecular complexity index is 384. The largest absolute Gasteiger partial charge is 0.350 e. The minimum Gasteiger partial charge on any atom is -0.350 e. The first-order chi connectivity index (χ1) is 7.41. The van der Waals surface area contributed by atoms with Gasteiger partial charge in [-0.2, -0.15) is 0 Å². The Morgan fingerprint density at radius 3 is 2.31 bits per heavy atom. The second kappa shape index (κ2) is 4.98. The van der Waals surface area contributed by atoms with Crippen LogP contribution in [0.15, 0.2) is 12.1 Å². The first-order valence-corrected chi connectivity index (χ1v) is 4.60. The standard InChI is InChI=1S/C10H11F3N2O/c1-5(14)4-15-10(16)6-2-7(11)9(13)8(12)3-6/h2-3,5H,4,14H2,1H3,(H,15,16). The van der Waals surface area contributed by atoms with Crippen LogP contribution in [-0.2, 0) is 0 Å². The third-order valence-corrected chi connectivity index (χ3v) is 1.83. The maximum atomic E-state index is 12.8. The number of nitrogens with two attached hydrogens (primary N) is 1. The fourth-order valence-corrected chi connectivity index (χ4v) is 1.04. The second-order valence-electron chi connectivity index (χ2n) is 3.44. The smallest absolute Gasteiger partial charge is 0.251 e. The monoisotopic (exact) mass is 232 g/mol. The summed E-state index contributed by atoms with van der Waals surface area (Å²) in [5.41, 5.74) is 5.10. The Morgan fingerprint density at radius 2 is 1.88 bits per heavy atom. The lowest BCUT2D eigenvalue weighted by Crippen LogP contribution is -2.35. The molecular formula is C10H11F3N2O. The minimum atomic E-state index is -1.59. The molecule has 88 valence electrons. The van der Waals surface area contributed by atoms with Crippen LogP contribution in [0.25, 0.3) is 0 Å². The van der Waals surface area contributed by atoms with Crippen molar-refractivity contribution in [2.24, 2.45) is 5.73 Å². The number of rotatable bonds is 3. The molecular weight excluding hydrogens is 221 g/mol. The van der Waals surface area contributed by atoms with E-state index in [1.165, 1.54) is 0 Å². The van der Waals surface area contributed by atoms with Crippen molar-refractivity contribution in [3.63, 3.8) is 0 Å². The zero-order chi connectivity index (χ0) is 12.3. The summed E-state index contributed by atoms with van der Waals surface area (Å²) in [6, 6.07) is 0.989. The van der Waals surface area contributed by atoms with Gasteiger partial charge in [0.1, 0.15) is 0 Å². The van der Waals surface area contributed by atoms with Gasteiger partial charge in [0.15, 0.2) is 17.5 Å². The lowest BCUT2D eigenvalue weighted by atomic mass is 10.2. The van der Waals surface area contributed by atoms with Crippen molar-refractivity contribution < 1.29 is 18.0 Å². The number of carbonyl (C=O) groups excluding carboxylic acids is 1. The molecule has 1 unspecified atom stereocenters. The van der Waals surface area contributed by atoms with Gasteiger partial charge < -0.3 is 11.1 Å². The molecule has 6 heteroatoms. The molecule has 0 radical (unpaired) electrons. The molecule has 0 heterocycles. The van der Waals surface area contributed by atoms with Gasteiger partial charge in [-0.1, -0.05) is 0 Å². The van der Waals surface area contributed by atoms with Gasteiger partial charge in [0.05, 0.1) is 0 Å². The molecule has 1 atom stereocenters. The third kappa shape index (κ3) is 2.96. The number of hydrogen-bond acceptors (Lipinski definition) is 2. The molecule has 3 nitrogen and oxygen atoms in total. The molecule has 0 aliphatic heterocycles. The van der Waals surface area contributed by atoms with Gasteiger partial charge in [-0.25, -0.2) is 13.2 Å². The lowest BCUT2D eigenvalue weighted by molar-refractivity contribution is 0.0950. The Balaban J connectivity index is 2.84. The first kappa shape index (κ1) is 12.5. The molecule has 0 aromatic heterocycles. The first-order valence-electron chi connectivity index (χ1n) is 4.60. The molecule has 3 N–H and O–H groups in total. The van der Waals surface area contributed by atoms with Gasteiger partial charge >= 0.3 is 0 Å². The molecule has 0 bridgehead atoms. The number of benzene rings is 1. The quantitative estimate of drug-likeness (QED) is 0.769. The Kier molecular flexibility index (Phi) is 3.89. The fourth-order valence-electron chi connectivity index (χ4n) is 1.04. The molecule has 1 rings (SSSR count). The van der Waals surface area contributed by atoms with Crippen molar-refractivity contribution in [3.05, 3.63) is 35.1 Å². The van der Waals surface area contributed by atoms with Crippen LogP contribution in [-0.4, -0.2) is 18.5 Å². The summed E-state index contributed by atoms with van der Waals surface area (Å²) in [6.07, 6.45) is 0. The molecule has 0 spiro atoms. The highest BCUT2D eigenvalue weighted by Crippen LogP contribution is 2.13. The van der Waals surface area contributed by atoms with Gasteiger partial charge in [-0.15, -0.1) is 0 Å². The predicted octanol–water partition coefficient (Wildman–Crippen LogP) is 1.18. The van der Waals surface area contributed by atoms with Crippen LogP contribution >= 0.6 is 0 Å². The number of hydrogen-bond donors (Lipinski definition) is 2. The predicted molar refractivity (Wildman–Crippen MR) is 52.3 cm³/mol. The Labute approximate surface area is 90.4 Å². The molecule has 0 aliphatic rings. The SMILES string of the molecule is CC(N)CNC(=O)c1cc(F)c(F)c(F)c1. The number of nitrogens with one attached hydrogen (secondary N) is 1. The molecule has 0 fully saturated rings. The molecule has 0 aliphatic carbocycles. The Morgan fingerprint density at radius 1 is 1.38 bits per heavy atom. The van der Waals surface area contributed by atoms with E-state index in [0.29, 0.717) is 12.1 Å². The van der Waals surface area contributed by atoms with E-state index in [0.717, 1.165) is 0 Å². The highest BCUT2D eigenvalue weighted by atomic mass is 19.2. The minimum absolute atomic E-state index is 0.166. The maximum absolute atomic E-state index is 12.8. The van der Waals surface area contributed by atoms with E-state index in [1.54, 1.807) is 6.92 Å². The molecule has 16 heavy (non-hydrogen) atoms. The number of amides is 1. The maximum Gasteiger partial charge on any atom is 0.251 e. The molecule has 1 amide bonds. The van der Waals surface area contributed by atoms with Gasteiger partial charge in [0.2, 0.25) is 0 Å². The zero-order valence-electron chi connectivity index (χ0n) is 8.56. The van der Waals surface area contributed by atoms with Crippen molar-refractivity contribution in [1.82, 2.24) is 5.32 Å². The van der Waals surface area contributed by atoms with Crippen molar-refractivity contribution in [1.29, 1.82) is 0 Å². The van der Waals surface area contributed by atoms with Crippen molar-refractivity contribution in [3.8, 4) is 0 Å². The fraction of sp³-hybridized carbons (Fsp3) is 0.300. The van der Waals surface area contributed by atoms with Crippen LogP contribution in [0, 0.1) is 17.5 Å². The van der Waals surface area contributed by atoms with E-state index in [1.807, 2.05) is 0 Å². The average Bonchev–Trinajstić information content (AvgIpc) is 2.21. The number of carbonyl (C=O) groups is 1. The van der Waals surface area contributed by atoms with Crippen molar-refractivity contribution >= 4 is 5.91 Å². The second-order valence-corrected chi connectivity index (χ2v) is 3.44. The van der Waals surface area contributed by atoms with Gasteiger partial charge in [-0.3, -0.25) is 4.79 Å². The van der Waals surface area contributed by atoms with Crippen LogP contribution in [0.2, 0.25) is 0 Å². The van der Waals surface area contributed by atoms with Gasteiger partial charge in [-0.05, 0) is 19.1 Å². The summed E-state index contributed by atoms with van der Waals surface area (Å²) < 4.78 is 38.1. The summed E-state index contributed by atoms with van der Waals surface area (Å²) >= 11 is 0. The van der Waals surface area contributed by atoms with E-state index < -0.39 is 23.4 Å². The number of halogens is 3. The highest BCUT2D eigenvalue weighted by Gasteiger charge is 2.14. The zero-order valence-corrected chi connectivity index (χ0v) is 8.56. The van der Waals surface area contributed by atoms with E-state index >= 15 is 0 Å². The van der Waals surface area contributed by atoms with Crippen LogP contribution in [0.5, 0.6) is 0 Å². The van der Waals surface area contributed by atoms with Gasteiger partial charge in [0.25, 0.3) is 5.91 Å². The van der Waals surface area contributed by atoms with Crippen LogP contribution in [0.3, 0.4) is 0 Å². The summed E-state index contributed by atoms with van der Waals surface area (Å²) in [5, 5.41) is 2.35. The summed E-state index contributed by atoms with van der Waals surface area (Å²) in [7, 11) is 0. The van der Waals surface area contributed by atoms with Crippen LogP contribution in [0.4, 0.5) is 13.2 Å². The molecule has 0 saturated heterocycles. The van der Waals surface area contributed by atoms with Gasteiger partial charge in [0, 0.05) is 18.2 Å². The van der Waals surface area contributed by atoms with E-state index in [-0.39, 0.29) is 18.2 Å². The van der Waals surface area contributed by atoms with Crippen LogP contribution < -0.4 is 11.1 Å². The van der Waals surface area contributed by atoms with E-state index in [4.69, 9.17) is 5.73 Å². The summed E-state index contributed by atoms with van der Waals surface area (Å²) in [4.78, 5) is 11.3. The normalized spacial score (nSPS) is 12.3. The highest BCUT2D eigenvalue weighted by molar-refractivity contribution is 5.94. The third-order valence-electron chi connectivity index (χ3n) is 1.83.